The molecule has 1 aliphatic rings. The molecule has 0 saturated carbocycles. The van der Waals surface area contributed by atoms with Gasteiger partial charge in [0.2, 0.25) is 0 Å². The van der Waals surface area contributed by atoms with Crippen LogP contribution in [0, 0.1) is 0 Å². The van der Waals surface area contributed by atoms with Crippen LogP contribution >= 0.6 is 0 Å². The number of aliphatic hydroxyl groups is 4. The fraction of sp³-hybridized carbons (Fsp3) is 1.00. The first-order chi connectivity index (χ1) is 13.6. The Morgan fingerprint density at radius 2 is 0.929 bits per heavy atom. The van der Waals surface area contributed by atoms with Gasteiger partial charge in [0.25, 0.3) is 0 Å². The smallest absolute Gasteiger partial charge is 0.109 e. The number of aliphatic hydroxyl groups excluding tert-OH is 4. The Kier molecular flexibility index (Phi) is 15.3. The van der Waals surface area contributed by atoms with Gasteiger partial charge in [0, 0.05) is 6.04 Å². The van der Waals surface area contributed by atoms with Gasteiger partial charge in [-0.1, -0.05) is 103 Å². The largest absolute Gasteiger partial charge is 0.395 e. The summed E-state index contributed by atoms with van der Waals surface area (Å²) >= 11 is 0. The minimum Gasteiger partial charge on any atom is -0.395 e. The Bertz CT molecular complexity index is 353. The van der Waals surface area contributed by atoms with Crippen LogP contribution in [0.1, 0.15) is 110 Å². The van der Waals surface area contributed by atoms with Gasteiger partial charge in [-0.05, 0) is 6.42 Å². The summed E-state index contributed by atoms with van der Waals surface area (Å²) in [5, 5.41) is 42.1. The zero-order chi connectivity index (χ0) is 20.6. The van der Waals surface area contributed by atoms with E-state index in [4.69, 9.17) is 0 Å². The number of piperidine rings is 1. The lowest BCUT2D eigenvalue weighted by Crippen LogP contribution is -2.65. The van der Waals surface area contributed by atoms with Gasteiger partial charge in [0.1, 0.15) is 6.10 Å². The molecule has 0 aliphatic carbocycles. The lowest BCUT2D eigenvalue weighted by atomic mass is 9.88. The van der Waals surface area contributed by atoms with Crippen molar-refractivity contribution in [3.63, 3.8) is 0 Å². The average Bonchev–Trinajstić information content (AvgIpc) is 2.70. The van der Waals surface area contributed by atoms with Crippen LogP contribution in [0.4, 0.5) is 0 Å². The zero-order valence-corrected chi connectivity index (χ0v) is 18.2. The fourth-order valence-electron chi connectivity index (χ4n) is 4.30. The summed E-state index contributed by atoms with van der Waals surface area (Å²) in [7, 11) is 0. The third kappa shape index (κ3) is 10.5. The van der Waals surface area contributed by atoms with E-state index in [0.29, 0.717) is 0 Å². The molecular formula is C23H47NO4. The van der Waals surface area contributed by atoms with Crippen LogP contribution < -0.4 is 5.32 Å². The Morgan fingerprint density at radius 3 is 1.36 bits per heavy atom. The molecule has 1 saturated heterocycles. The van der Waals surface area contributed by atoms with Crippen LogP contribution in [0.25, 0.3) is 0 Å². The molecule has 1 fully saturated rings. The van der Waals surface area contributed by atoms with E-state index in [1.807, 2.05) is 0 Å². The third-order valence-corrected chi connectivity index (χ3v) is 6.27. The first-order valence-electron chi connectivity index (χ1n) is 12.0. The molecule has 0 unspecified atom stereocenters. The Labute approximate surface area is 172 Å². The number of unbranched alkanes of at least 4 members (excludes halogenated alkanes) is 14. The molecule has 1 heterocycles. The van der Waals surface area contributed by atoms with Gasteiger partial charge in [-0.3, -0.25) is 0 Å². The summed E-state index contributed by atoms with van der Waals surface area (Å²) in [4.78, 5) is 0. The molecule has 1 aliphatic heterocycles. The van der Waals surface area contributed by atoms with Crippen LogP contribution in [0.2, 0.25) is 0 Å². The zero-order valence-electron chi connectivity index (χ0n) is 18.2. The van der Waals surface area contributed by atoms with E-state index in [9.17, 15) is 20.4 Å². The molecule has 0 amide bonds. The maximum Gasteiger partial charge on any atom is 0.109 e. The summed E-state index contributed by atoms with van der Waals surface area (Å²) in [6.07, 6.45) is 17.3. The van der Waals surface area contributed by atoms with Crippen LogP contribution in [-0.2, 0) is 0 Å². The van der Waals surface area contributed by atoms with Gasteiger partial charge in [-0.15, -0.1) is 0 Å². The van der Waals surface area contributed by atoms with Crippen molar-refractivity contribution in [2.45, 2.75) is 140 Å². The van der Waals surface area contributed by atoms with Gasteiger partial charge in [-0.25, -0.2) is 0 Å². The highest BCUT2D eigenvalue weighted by Gasteiger charge is 2.41. The molecule has 5 N–H and O–H groups in total. The normalized spacial score (nSPS) is 28.0. The molecule has 5 nitrogen and oxygen atoms in total. The van der Waals surface area contributed by atoms with Crippen molar-refractivity contribution in [3.05, 3.63) is 0 Å². The highest BCUT2D eigenvalue weighted by Crippen LogP contribution is 2.20. The highest BCUT2D eigenvalue weighted by molar-refractivity contribution is 4.97. The molecule has 0 aromatic heterocycles. The van der Waals surface area contributed by atoms with Crippen LogP contribution in [0.3, 0.4) is 0 Å². The monoisotopic (exact) mass is 401 g/mol. The lowest BCUT2D eigenvalue weighted by molar-refractivity contribution is -0.120. The molecular weight excluding hydrogens is 354 g/mol. The topological polar surface area (TPSA) is 93.0 Å². The van der Waals surface area contributed by atoms with Crippen molar-refractivity contribution in [3.8, 4) is 0 Å². The molecule has 0 spiro atoms. The van der Waals surface area contributed by atoms with Crippen LogP contribution in [-0.4, -0.2) is 57.4 Å². The van der Waals surface area contributed by atoms with E-state index in [1.165, 1.54) is 83.5 Å². The number of hydrogen-bond acceptors (Lipinski definition) is 5. The maximum absolute atomic E-state index is 10.1. The molecule has 5 heteroatoms. The summed E-state index contributed by atoms with van der Waals surface area (Å²) in [6, 6.07) is -0.808. The highest BCUT2D eigenvalue weighted by atomic mass is 16.4. The van der Waals surface area contributed by atoms with Crippen molar-refractivity contribution >= 4 is 0 Å². The summed E-state index contributed by atoms with van der Waals surface area (Å²) in [6.45, 7) is 2.03. The van der Waals surface area contributed by atoms with Crippen molar-refractivity contribution in [2.75, 3.05) is 6.61 Å². The number of rotatable bonds is 17. The Balaban J connectivity index is 1.90. The molecule has 1 rings (SSSR count). The summed E-state index contributed by atoms with van der Waals surface area (Å²) in [5.74, 6) is 0. The Hall–Kier alpha value is -0.200. The minimum atomic E-state index is -1.18. The molecule has 0 aromatic carbocycles. The fourth-order valence-corrected chi connectivity index (χ4v) is 4.30. The maximum atomic E-state index is 10.1. The molecule has 0 bridgehead atoms. The van der Waals surface area contributed by atoms with Crippen LogP contribution in [0.15, 0.2) is 0 Å². The van der Waals surface area contributed by atoms with Crippen molar-refractivity contribution in [1.82, 2.24) is 5.32 Å². The quantitative estimate of drug-likeness (QED) is 0.240. The molecule has 28 heavy (non-hydrogen) atoms. The predicted octanol–water partition coefficient (Wildman–Crippen LogP) is 3.66. The summed E-state index contributed by atoms with van der Waals surface area (Å²) < 4.78 is 0. The third-order valence-electron chi connectivity index (χ3n) is 6.27. The second kappa shape index (κ2) is 16.6. The first kappa shape index (κ1) is 25.8. The van der Waals surface area contributed by atoms with Crippen molar-refractivity contribution < 1.29 is 20.4 Å². The van der Waals surface area contributed by atoms with Gasteiger partial charge in [-0.2, -0.15) is 0 Å². The average molecular weight is 402 g/mol. The van der Waals surface area contributed by atoms with E-state index in [-0.39, 0.29) is 12.6 Å². The van der Waals surface area contributed by atoms with E-state index >= 15 is 0 Å². The lowest BCUT2D eigenvalue weighted by Gasteiger charge is -2.41. The molecule has 0 radical (unpaired) electrons. The minimum absolute atomic E-state index is 0.236. The first-order valence-corrected chi connectivity index (χ1v) is 12.0. The molecule has 0 aromatic rings. The van der Waals surface area contributed by atoms with Gasteiger partial charge in [0.15, 0.2) is 0 Å². The van der Waals surface area contributed by atoms with Gasteiger partial charge < -0.3 is 25.7 Å². The standard InChI is InChI=1S/C23H47NO4/c1-2-3-4-5-6-7-8-9-10-11-12-13-14-15-16-17-19-21(26)23(28)22(27)20(18-25)24-19/h19-28H,2-18H2,1H3/t19-,20+,21-,22-,23+/m0/s1. The number of nitrogens with one attached hydrogen (secondary N) is 1. The van der Waals surface area contributed by atoms with Gasteiger partial charge in [0.05, 0.1) is 24.9 Å². The van der Waals surface area contributed by atoms with E-state index in [0.717, 1.165) is 19.3 Å². The Morgan fingerprint density at radius 1 is 0.536 bits per heavy atom. The molecule has 168 valence electrons. The van der Waals surface area contributed by atoms with Gasteiger partial charge >= 0.3 is 0 Å². The number of hydrogen-bond donors (Lipinski definition) is 5. The predicted molar refractivity (Wildman–Crippen MR) is 115 cm³/mol. The second-order valence-corrected chi connectivity index (χ2v) is 8.77. The van der Waals surface area contributed by atoms with E-state index in [2.05, 4.69) is 12.2 Å². The molecule has 5 atom stereocenters. The van der Waals surface area contributed by atoms with Crippen molar-refractivity contribution in [2.24, 2.45) is 0 Å². The van der Waals surface area contributed by atoms with E-state index in [1.54, 1.807) is 0 Å². The van der Waals surface area contributed by atoms with Crippen LogP contribution in [0.5, 0.6) is 0 Å². The van der Waals surface area contributed by atoms with Crippen molar-refractivity contribution in [1.29, 1.82) is 0 Å². The second-order valence-electron chi connectivity index (χ2n) is 8.77. The SMILES string of the molecule is CCCCCCCCCCCCCCCCC[C@@H]1N[C@H](CO)[C@H](O)[C@H](O)[C@H]1O. The summed E-state index contributed by atoms with van der Waals surface area (Å²) in [5.41, 5.74) is 0. The van der Waals surface area contributed by atoms with E-state index < -0.39 is 24.4 Å².